The summed E-state index contributed by atoms with van der Waals surface area (Å²) in [6, 6.07) is 11.1. The number of likely N-dealkylation sites (tertiary alicyclic amines) is 1. The van der Waals surface area contributed by atoms with Crippen molar-refractivity contribution in [1.82, 2.24) is 4.90 Å². The number of nitrogens with zero attached hydrogens (tertiary/aromatic N) is 1. The van der Waals surface area contributed by atoms with E-state index in [0.29, 0.717) is 27.2 Å². The monoisotopic (exact) mass is 422 g/mol. The van der Waals surface area contributed by atoms with Crippen LogP contribution in [0.2, 0.25) is 10.0 Å². The predicted octanol–water partition coefficient (Wildman–Crippen LogP) is 4.86. The SMILES string of the molecule is COc1ccc(NC(=O)C2CCN(Cc3ccc(Cl)c(Cl)c3)CC2)c(OC)c1. The fourth-order valence-electron chi connectivity index (χ4n) is 3.39. The molecule has 0 radical (unpaired) electrons. The molecule has 2 aromatic carbocycles. The zero-order valence-corrected chi connectivity index (χ0v) is 17.5. The van der Waals surface area contributed by atoms with Gasteiger partial charge in [-0.05, 0) is 55.8 Å². The Hall–Kier alpha value is -1.95. The first-order valence-corrected chi connectivity index (χ1v) is 9.95. The zero-order valence-electron chi connectivity index (χ0n) is 16.0. The van der Waals surface area contributed by atoms with Crippen molar-refractivity contribution in [2.45, 2.75) is 19.4 Å². The number of carbonyl (C=O) groups is 1. The van der Waals surface area contributed by atoms with E-state index in [9.17, 15) is 4.79 Å². The average molecular weight is 423 g/mol. The molecule has 1 saturated heterocycles. The number of anilines is 1. The summed E-state index contributed by atoms with van der Waals surface area (Å²) in [4.78, 5) is 15.0. The Labute approximate surface area is 175 Å². The molecule has 0 unspecified atom stereocenters. The van der Waals surface area contributed by atoms with Crippen LogP contribution in [0.3, 0.4) is 0 Å². The summed E-state index contributed by atoms with van der Waals surface area (Å²) in [7, 11) is 3.17. The number of hydrogen-bond donors (Lipinski definition) is 1. The highest BCUT2D eigenvalue weighted by atomic mass is 35.5. The van der Waals surface area contributed by atoms with Crippen molar-refractivity contribution >= 4 is 34.8 Å². The van der Waals surface area contributed by atoms with Gasteiger partial charge in [0.25, 0.3) is 0 Å². The zero-order chi connectivity index (χ0) is 20.1. The number of methoxy groups -OCH3 is 2. The fraction of sp³-hybridized carbons (Fsp3) is 0.381. The summed E-state index contributed by atoms with van der Waals surface area (Å²) < 4.78 is 10.5. The maximum absolute atomic E-state index is 12.7. The molecular formula is C21H24Cl2N2O3. The van der Waals surface area contributed by atoms with Crippen molar-refractivity contribution in [3.63, 3.8) is 0 Å². The standard InChI is InChI=1S/C21H24Cl2N2O3/c1-27-16-4-6-19(20(12-16)28-2)24-21(26)15-7-9-25(10-8-15)13-14-3-5-17(22)18(23)11-14/h3-6,11-12,15H,7-10,13H2,1-2H3,(H,24,26). The summed E-state index contributed by atoms with van der Waals surface area (Å²) in [6.07, 6.45) is 1.62. The molecule has 1 amide bonds. The molecule has 7 heteroatoms. The van der Waals surface area contributed by atoms with Gasteiger partial charge >= 0.3 is 0 Å². The quantitative estimate of drug-likeness (QED) is 0.721. The lowest BCUT2D eigenvalue weighted by Gasteiger charge is -2.31. The molecule has 1 fully saturated rings. The van der Waals surface area contributed by atoms with Crippen LogP contribution in [0.4, 0.5) is 5.69 Å². The molecule has 0 atom stereocenters. The molecule has 0 bridgehead atoms. The molecule has 0 saturated carbocycles. The molecule has 2 aromatic rings. The molecule has 150 valence electrons. The number of piperidine rings is 1. The molecule has 0 aromatic heterocycles. The Morgan fingerprint density at radius 2 is 1.82 bits per heavy atom. The van der Waals surface area contributed by atoms with Crippen LogP contribution in [-0.4, -0.2) is 38.1 Å². The van der Waals surface area contributed by atoms with Gasteiger partial charge in [-0.3, -0.25) is 9.69 Å². The largest absolute Gasteiger partial charge is 0.497 e. The maximum atomic E-state index is 12.7. The summed E-state index contributed by atoms with van der Waals surface area (Å²) in [5.74, 6) is 1.28. The lowest BCUT2D eigenvalue weighted by molar-refractivity contribution is -0.121. The predicted molar refractivity (Wildman–Crippen MR) is 113 cm³/mol. The van der Waals surface area contributed by atoms with Crippen molar-refractivity contribution in [3.05, 3.63) is 52.0 Å². The molecule has 3 rings (SSSR count). The second-order valence-electron chi connectivity index (χ2n) is 6.85. The second-order valence-corrected chi connectivity index (χ2v) is 7.67. The Morgan fingerprint density at radius 1 is 1.07 bits per heavy atom. The van der Waals surface area contributed by atoms with Crippen molar-refractivity contribution < 1.29 is 14.3 Å². The minimum Gasteiger partial charge on any atom is -0.497 e. The summed E-state index contributed by atoms with van der Waals surface area (Å²) in [5.41, 5.74) is 1.78. The van der Waals surface area contributed by atoms with E-state index in [0.717, 1.165) is 38.0 Å². The maximum Gasteiger partial charge on any atom is 0.227 e. The van der Waals surface area contributed by atoms with E-state index >= 15 is 0 Å². The van der Waals surface area contributed by atoms with Crippen molar-refractivity contribution in [2.75, 3.05) is 32.6 Å². The van der Waals surface area contributed by atoms with E-state index in [4.69, 9.17) is 32.7 Å². The van der Waals surface area contributed by atoms with Gasteiger partial charge in [0, 0.05) is 18.5 Å². The van der Waals surface area contributed by atoms with Crippen LogP contribution in [0.15, 0.2) is 36.4 Å². The topological polar surface area (TPSA) is 50.8 Å². The molecule has 0 aliphatic carbocycles. The number of amides is 1. The van der Waals surface area contributed by atoms with Crippen LogP contribution in [0.5, 0.6) is 11.5 Å². The number of rotatable bonds is 6. The van der Waals surface area contributed by atoms with Crippen LogP contribution < -0.4 is 14.8 Å². The number of carbonyl (C=O) groups excluding carboxylic acids is 1. The lowest BCUT2D eigenvalue weighted by atomic mass is 9.95. The van der Waals surface area contributed by atoms with Gasteiger partial charge in [0.1, 0.15) is 11.5 Å². The number of ether oxygens (including phenoxy) is 2. The van der Waals surface area contributed by atoms with Gasteiger partial charge in [-0.15, -0.1) is 0 Å². The van der Waals surface area contributed by atoms with E-state index in [1.54, 1.807) is 32.4 Å². The second kappa shape index (κ2) is 9.50. The Kier molecular flexibility index (Phi) is 7.05. The first-order chi connectivity index (χ1) is 13.5. The first-order valence-electron chi connectivity index (χ1n) is 9.19. The molecule has 5 nitrogen and oxygen atoms in total. The third-order valence-electron chi connectivity index (χ3n) is 5.02. The van der Waals surface area contributed by atoms with Crippen molar-refractivity contribution in [3.8, 4) is 11.5 Å². The van der Waals surface area contributed by atoms with E-state index in [1.165, 1.54) is 0 Å². The number of hydrogen-bond acceptors (Lipinski definition) is 4. The van der Waals surface area contributed by atoms with E-state index < -0.39 is 0 Å². The van der Waals surface area contributed by atoms with Crippen LogP contribution in [0.1, 0.15) is 18.4 Å². The van der Waals surface area contributed by atoms with Crippen LogP contribution >= 0.6 is 23.2 Å². The third kappa shape index (κ3) is 5.10. The van der Waals surface area contributed by atoms with Gasteiger partial charge in [0.05, 0.1) is 30.0 Å². The highest BCUT2D eigenvalue weighted by Crippen LogP contribution is 2.30. The van der Waals surface area contributed by atoms with Gasteiger partial charge in [-0.1, -0.05) is 29.3 Å². The van der Waals surface area contributed by atoms with Gasteiger partial charge < -0.3 is 14.8 Å². The smallest absolute Gasteiger partial charge is 0.227 e. The van der Waals surface area contributed by atoms with Gasteiger partial charge in [-0.25, -0.2) is 0 Å². The molecule has 0 spiro atoms. The summed E-state index contributed by atoms with van der Waals surface area (Å²) in [5, 5.41) is 4.13. The summed E-state index contributed by atoms with van der Waals surface area (Å²) >= 11 is 12.1. The molecule has 1 aliphatic heterocycles. The van der Waals surface area contributed by atoms with E-state index in [2.05, 4.69) is 10.2 Å². The van der Waals surface area contributed by atoms with Crippen LogP contribution in [-0.2, 0) is 11.3 Å². The Balaban J connectivity index is 1.54. The number of halogens is 2. The molecule has 1 heterocycles. The first kappa shape index (κ1) is 20.8. The number of nitrogens with one attached hydrogen (secondary N) is 1. The fourth-order valence-corrected chi connectivity index (χ4v) is 3.71. The van der Waals surface area contributed by atoms with Gasteiger partial charge in [-0.2, -0.15) is 0 Å². The average Bonchev–Trinajstić information content (AvgIpc) is 2.71. The van der Waals surface area contributed by atoms with Crippen molar-refractivity contribution in [1.29, 1.82) is 0 Å². The van der Waals surface area contributed by atoms with Gasteiger partial charge in [0.2, 0.25) is 5.91 Å². The molecule has 1 aliphatic rings. The third-order valence-corrected chi connectivity index (χ3v) is 5.75. The lowest BCUT2D eigenvalue weighted by Crippen LogP contribution is -2.37. The van der Waals surface area contributed by atoms with E-state index in [1.807, 2.05) is 18.2 Å². The highest BCUT2D eigenvalue weighted by molar-refractivity contribution is 6.42. The van der Waals surface area contributed by atoms with E-state index in [-0.39, 0.29) is 11.8 Å². The normalized spacial score (nSPS) is 15.3. The molecular weight excluding hydrogens is 399 g/mol. The van der Waals surface area contributed by atoms with Crippen molar-refractivity contribution in [2.24, 2.45) is 5.92 Å². The minimum atomic E-state index is -0.0168. The Morgan fingerprint density at radius 3 is 2.46 bits per heavy atom. The van der Waals surface area contributed by atoms with Crippen LogP contribution in [0, 0.1) is 5.92 Å². The van der Waals surface area contributed by atoms with Gasteiger partial charge in [0.15, 0.2) is 0 Å². The summed E-state index contributed by atoms with van der Waals surface area (Å²) in [6.45, 7) is 2.52. The highest BCUT2D eigenvalue weighted by Gasteiger charge is 2.25. The van der Waals surface area contributed by atoms with Crippen LogP contribution in [0.25, 0.3) is 0 Å². The number of benzene rings is 2. The molecule has 28 heavy (non-hydrogen) atoms. The minimum absolute atomic E-state index is 0.0168. The molecule has 1 N–H and O–H groups in total. The Bertz CT molecular complexity index is 836.